The van der Waals surface area contributed by atoms with Crippen LogP contribution in [0, 0.1) is 0 Å². The van der Waals surface area contributed by atoms with Crippen LogP contribution in [-0.4, -0.2) is 50.0 Å². The number of hydrogen-bond donors (Lipinski definition) is 0. The normalized spacial score (nSPS) is 24.4. The zero-order chi connectivity index (χ0) is 9.19. The molecule has 1 aliphatic heterocycles. The van der Waals surface area contributed by atoms with E-state index in [1.807, 2.05) is 0 Å². The first kappa shape index (κ1) is 9.63. The highest BCUT2D eigenvalue weighted by atomic mass is 32.2. The molecule has 5 nitrogen and oxygen atoms in total. The zero-order valence-electron chi connectivity index (χ0n) is 6.93. The summed E-state index contributed by atoms with van der Waals surface area (Å²) in [5.74, 6) is 0. The second kappa shape index (κ2) is 3.51. The van der Waals surface area contributed by atoms with Gasteiger partial charge >= 0.3 is 0 Å². The van der Waals surface area contributed by atoms with Gasteiger partial charge in [-0.05, 0) is 0 Å². The van der Waals surface area contributed by atoms with E-state index < -0.39 is 10.2 Å². The Labute approximate surface area is 72.1 Å². The molecule has 0 saturated carbocycles. The van der Waals surface area contributed by atoms with Crippen molar-refractivity contribution in [2.75, 3.05) is 26.7 Å². The molecule has 1 fully saturated rings. The molecule has 1 saturated heterocycles. The van der Waals surface area contributed by atoms with Gasteiger partial charge in [0.05, 0.1) is 0 Å². The summed E-state index contributed by atoms with van der Waals surface area (Å²) < 4.78 is 25.3. The number of nitrogens with zero attached hydrogens (tertiary/aromatic N) is 2. The van der Waals surface area contributed by atoms with Crippen LogP contribution >= 0.6 is 0 Å². The van der Waals surface area contributed by atoms with Crippen LogP contribution in [0.1, 0.15) is 6.42 Å². The smallest absolute Gasteiger partial charge is 0.281 e. The molecule has 1 rings (SSSR count). The van der Waals surface area contributed by atoms with Gasteiger partial charge in [0.25, 0.3) is 10.2 Å². The summed E-state index contributed by atoms with van der Waals surface area (Å²) in [6, 6.07) is 0. The van der Waals surface area contributed by atoms with Crippen molar-refractivity contribution >= 4 is 16.5 Å². The average molecular weight is 192 g/mol. The third-order valence-corrected chi connectivity index (χ3v) is 3.87. The topological polar surface area (TPSA) is 57.7 Å². The number of likely N-dealkylation sites (N-methyl/N-ethyl adjacent to an activating group) is 1. The molecule has 0 unspecified atom stereocenters. The van der Waals surface area contributed by atoms with Crippen LogP contribution in [0.2, 0.25) is 0 Å². The molecule has 0 N–H and O–H groups in total. The predicted molar refractivity (Wildman–Crippen MR) is 43.8 cm³/mol. The number of aldehydes is 1. The van der Waals surface area contributed by atoms with Crippen molar-refractivity contribution in [3.05, 3.63) is 0 Å². The molecule has 6 heteroatoms. The minimum atomic E-state index is -3.23. The average Bonchev–Trinajstić information content (AvgIpc) is 2.25. The Hall–Kier alpha value is -0.460. The third kappa shape index (κ3) is 1.65. The summed E-state index contributed by atoms with van der Waals surface area (Å²) in [7, 11) is -1.69. The largest absolute Gasteiger partial charge is 0.303 e. The first-order valence-corrected chi connectivity index (χ1v) is 5.14. The molecule has 0 radical (unpaired) electrons. The number of rotatable bonds is 3. The van der Waals surface area contributed by atoms with Crippen LogP contribution in [0.4, 0.5) is 0 Å². The van der Waals surface area contributed by atoms with Crippen LogP contribution in [-0.2, 0) is 15.0 Å². The lowest BCUT2D eigenvalue weighted by Gasteiger charge is -2.13. The van der Waals surface area contributed by atoms with Gasteiger partial charge < -0.3 is 4.79 Å². The minimum Gasteiger partial charge on any atom is -0.303 e. The lowest BCUT2D eigenvalue weighted by Crippen LogP contribution is -2.31. The van der Waals surface area contributed by atoms with Gasteiger partial charge in [0.1, 0.15) is 6.29 Å². The van der Waals surface area contributed by atoms with E-state index in [1.165, 1.54) is 15.7 Å². The van der Waals surface area contributed by atoms with Gasteiger partial charge in [-0.1, -0.05) is 0 Å². The molecule has 1 heterocycles. The maximum Gasteiger partial charge on any atom is 0.281 e. The second-order valence-corrected chi connectivity index (χ2v) is 4.72. The molecule has 12 heavy (non-hydrogen) atoms. The third-order valence-electron chi connectivity index (χ3n) is 1.88. The van der Waals surface area contributed by atoms with E-state index in [0.717, 1.165) is 6.29 Å². The molecular formula is C6H12N2O3S. The van der Waals surface area contributed by atoms with Crippen LogP contribution in [0.5, 0.6) is 0 Å². The Morgan fingerprint density at radius 3 is 2.50 bits per heavy atom. The maximum atomic E-state index is 11.3. The van der Waals surface area contributed by atoms with E-state index in [9.17, 15) is 13.2 Å². The van der Waals surface area contributed by atoms with E-state index >= 15 is 0 Å². The van der Waals surface area contributed by atoms with Crippen molar-refractivity contribution in [3.63, 3.8) is 0 Å². The van der Waals surface area contributed by atoms with Crippen molar-refractivity contribution in [1.29, 1.82) is 0 Å². The van der Waals surface area contributed by atoms with Gasteiger partial charge in [0, 0.05) is 33.1 Å². The molecule has 0 atom stereocenters. The number of hydrogen-bond acceptors (Lipinski definition) is 3. The second-order valence-electron chi connectivity index (χ2n) is 2.68. The van der Waals surface area contributed by atoms with Gasteiger partial charge in [-0.15, -0.1) is 0 Å². The highest BCUT2D eigenvalue weighted by Gasteiger charge is 2.32. The molecule has 1 aliphatic rings. The van der Waals surface area contributed by atoms with Crippen molar-refractivity contribution in [1.82, 2.24) is 8.61 Å². The van der Waals surface area contributed by atoms with Crippen molar-refractivity contribution in [3.8, 4) is 0 Å². The summed E-state index contributed by atoms with van der Waals surface area (Å²) in [6.45, 7) is 1.31. The number of carbonyl (C=O) groups excluding carboxylic acids is 1. The van der Waals surface area contributed by atoms with Crippen molar-refractivity contribution in [2.45, 2.75) is 6.42 Å². The Kier molecular flexibility index (Phi) is 2.81. The quantitative estimate of drug-likeness (QED) is 0.543. The first-order chi connectivity index (χ1) is 5.59. The predicted octanol–water partition coefficient (Wildman–Crippen LogP) is -0.932. The number of carbonyl (C=O) groups is 1. The van der Waals surface area contributed by atoms with Gasteiger partial charge in [-0.25, -0.2) is 0 Å². The Morgan fingerprint density at radius 1 is 1.42 bits per heavy atom. The highest BCUT2D eigenvalue weighted by molar-refractivity contribution is 7.87. The van der Waals surface area contributed by atoms with Crippen molar-refractivity contribution < 1.29 is 13.2 Å². The van der Waals surface area contributed by atoms with Gasteiger partial charge in [0.2, 0.25) is 0 Å². The van der Waals surface area contributed by atoms with Crippen LogP contribution in [0.15, 0.2) is 0 Å². The van der Waals surface area contributed by atoms with E-state index in [2.05, 4.69) is 0 Å². The fourth-order valence-electron chi connectivity index (χ4n) is 1.10. The summed E-state index contributed by atoms with van der Waals surface area (Å²) in [4.78, 5) is 10.0. The summed E-state index contributed by atoms with van der Waals surface area (Å²) >= 11 is 0. The molecule has 0 aromatic heterocycles. The van der Waals surface area contributed by atoms with E-state index in [1.54, 1.807) is 0 Å². The Morgan fingerprint density at radius 2 is 2.08 bits per heavy atom. The van der Waals surface area contributed by atoms with Gasteiger partial charge in [-0.3, -0.25) is 0 Å². The van der Waals surface area contributed by atoms with Crippen molar-refractivity contribution in [2.24, 2.45) is 0 Å². The van der Waals surface area contributed by atoms with Gasteiger partial charge in [-0.2, -0.15) is 17.0 Å². The Balaban J connectivity index is 2.63. The van der Waals surface area contributed by atoms with Crippen LogP contribution < -0.4 is 0 Å². The molecule has 0 spiro atoms. The monoisotopic (exact) mass is 192 g/mol. The highest BCUT2D eigenvalue weighted by Crippen LogP contribution is 2.13. The minimum absolute atomic E-state index is 0.271. The molecule has 0 bridgehead atoms. The van der Waals surface area contributed by atoms with E-state index in [-0.39, 0.29) is 6.42 Å². The molecule has 0 amide bonds. The maximum absolute atomic E-state index is 11.3. The molecule has 0 aromatic carbocycles. The van der Waals surface area contributed by atoms with Crippen LogP contribution in [0.25, 0.3) is 0 Å². The summed E-state index contributed by atoms with van der Waals surface area (Å²) in [6.07, 6.45) is 1.00. The molecular weight excluding hydrogens is 180 g/mol. The molecule has 0 aliphatic carbocycles. The lowest BCUT2D eigenvalue weighted by molar-refractivity contribution is -0.107. The summed E-state index contributed by atoms with van der Waals surface area (Å²) in [5, 5.41) is 0. The lowest BCUT2D eigenvalue weighted by atomic mass is 10.4. The zero-order valence-corrected chi connectivity index (χ0v) is 7.75. The van der Waals surface area contributed by atoms with Gasteiger partial charge in [0.15, 0.2) is 0 Å². The Bertz CT molecular complexity index is 262. The first-order valence-electron chi connectivity index (χ1n) is 3.74. The molecule has 70 valence electrons. The fourth-order valence-corrected chi connectivity index (χ4v) is 2.46. The summed E-state index contributed by atoms with van der Waals surface area (Å²) in [5.41, 5.74) is 0. The van der Waals surface area contributed by atoms with E-state index in [4.69, 9.17) is 0 Å². The standard InChI is InChI=1S/C6H12N2O3S/c1-7-4-5-8(3-2-6-9)12(7,10)11/h6H,2-5H2,1H3. The van der Waals surface area contributed by atoms with Crippen LogP contribution in [0.3, 0.4) is 0 Å². The SMILES string of the molecule is CN1CCN(CCC=O)S1(=O)=O. The van der Waals surface area contributed by atoms with E-state index in [0.29, 0.717) is 19.6 Å². The fraction of sp³-hybridized carbons (Fsp3) is 0.833. The molecule has 0 aromatic rings.